The van der Waals surface area contributed by atoms with E-state index in [1.807, 2.05) is 20.8 Å². The minimum absolute atomic E-state index is 0.0819. The number of aryl methyl sites for hydroxylation is 1. The van der Waals surface area contributed by atoms with Crippen LogP contribution in [0.15, 0.2) is 41.2 Å². The van der Waals surface area contributed by atoms with Crippen LogP contribution >= 0.6 is 0 Å². The molecule has 0 spiro atoms. The highest BCUT2D eigenvalue weighted by molar-refractivity contribution is 5.99. The van der Waals surface area contributed by atoms with Crippen LogP contribution in [0, 0.1) is 12.7 Å². The zero-order chi connectivity index (χ0) is 29.4. The smallest absolute Gasteiger partial charge is 0.410 e. The lowest BCUT2D eigenvalue weighted by molar-refractivity contribution is 0.0283. The highest BCUT2D eigenvalue weighted by Crippen LogP contribution is 2.32. The largest absolute Gasteiger partial charge is 0.444 e. The van der Waals surface area contributed by atoms with E-state index < -0.39 is 23.5 Å². The van der Waals surface area contributed by atoms with Crippen LogP contribution in [0.3, 0.4) is 0 Å². The van der Waals surface area contributed by atoms with Crippen LogP contribution in [0.25, 0.3) is 10.9 Å². The first-order valence-corrected chi connectivity index (χ1v) is 12.6. The Bertz CT molecular complexity index is 1560. The molecule has 0 unspecified atom stereocenters. The van der Waals surface area contributed by atoms with Gasteiger partial charge in [0.25, 0.3) is 0 Å². The average molecular weight is 553 g/mol. The van der Waals surface area contributed by atoms with E-state index in [1.54, 1.807) is 52.9 Å². The molecule has 0 aliphatic heterocycles. The second-order valence-electron chi connectivity index (χ2n) is 11.5. The van der Waals surface area contributed by atoms with E-state index in [2.05, 4.69) is 20.4 Å². The molecule has 4 rings (SSSR count). The number of hydrogen-bond acceptors (Lipinski definition) is 8. The number of aromatic nitrogens is 4. The number of carbonyl (C=O) groups excluding carboxylic acids is 2. The predicted molar refractivity (Wildman–Crippen MR) is 146 cm³/mol. The fourth-order valence-electron chi connectivity index (χ4n) is 3.84. The lowest BCUT2D eigenvalue weighted by atomic mass is 9.93. The first kappa shape index (κ1) is 28.5. The molecule has 0 aliphatic rings. The van der Waals surface area contributed by atoms with Crippen LogP contribution in [0.2, 0.25) is 0 Å². The van der Waals surface area contributed by atoms with Gasteiger partial charge in [-0.25, -0.2) is 23.9 Å². The third-order valence-corrected chi connectivity index (χ3v) is 5.77. The number of nitrogens with zero attached hydrogens (tertiary/aromatic N) is 5. The topological polar surface area (TPSA) is 125 Å². The summed E-state index contributed by atoms with van der Waals surface area (Å²) in [6.45, 7) is 13.1. The first-order valence-electron chi connectivity index (χ1n) is 12.6. The zero-order valence-corrected chi connectivity index (χ0v) is 23.8. The van der Waals surface area contributed by atoms with Crippen LogP contribution in [0.5, 0.6) is 11.6 Å². The number of anilines is 1. The second kappa shape index (κ2) is 10.6. The predicted octanol–water partition coefficient (Wildman–Crippen LogP) is 6.40. The van der Waals surface area contributed by atoms with E-state index >= 15 is 4.39 Å². The van der Waals surface area contributed by atoms with Crippen LogP contribution in [0.1, 0.15) is 58.7 Å². The molecule has 4 aromatic rings. The molecule has 0 atom stereocenters. The molecule has 1 N–H and O–H groups in total. The Labute approximate surface area is 231 Å². The van der Waals surface area contributed by atoms with Gasteiger partial charge < -0.3 is 18.9 Å². The Morgan fingerprint density at radius 3 is 2.48 bits per heavy atom. The quantitative estimate of drug-likeness (QED) is 0.301. The maximum atomic E-state index is 15.5. The normalized spacial score (nSPS) is 11.9. The van der Waals surface area contributed by atoms with Gasteiger partial charge in [0.05, 0.1) is 17.8 Å². The van der Waals surface area contributed by atoms with Gasteiger partial charge in [-0.1, -0.05) is 25.9 Å². The van der Waals surface area contributed by atoms with E-state index in [1.165, 1.54) is 27.9 Å². The van der Waals surface area contributed by atoms with Crippen LogP contribution in [0.4, 0.5) is 19.8 Å². The number of hydrogen-bond donors (Lipinski definition) is 1. The van der Waals surface area contributed by atoms with Gasteiger partial charge in [-0.3, -0.25) is 9.88 Å². The fourth-order valence-corrected chi connectivity index (χ4v) is 3.84. The standard InChI is InChI=1S/C28H33FN6O5/c1-16-11-18-19(35(16)25(36)32-22-13-21(40-33-22)27(2,3)4)9-10-20(24(18)29)38-23-12-17(30-15-31-23)14-34(8)26(37)39-28(5,6)7/h9-13,15H,14H2,1-8H3,(H,32,33,36). The average Bonchev–Trinajstić information content (AvgIpc) is 3.44. The number of halogens is 1. The van der Waals surface area contributed by atoms with Crippen LogP contribution in [-0.4, -0.2) is 49.4 Å². The summed E-state index contributed by atoms with van der Waals surface area (Å²) >= 11 is 0. The summed E-state index contributed by atoms with van der Waals surface area (Å²) in [6.07, 6.45) is 0.761. The zero-order valence-electron chi connectivity index (χ0n) is 23.8. The Morgan fingerprint density at radius 1 is 1.10 bits per heavy atom. The van der Waals surface area contributed by atoms with Crippen molar-refractivity contribution in [1.82, 2.24) is 24.6 Å². The molecule has 3 aromatic heterocycles. The van der Waals surface area contributed by atoms with E-state index in [4.69, 9.17) is 14.0 Å². The molecular formula is C28H33FN6O5. The van der Waals surface area contributed by atoms with Crippen LogP contribution < -0.4 is 10.1 Å². The molecule has 3 heterocycles. The van der Waals surface area contributed by atoms with E-state index in [-0.39, 0.29) is 34.8 Å². The molecular weight excluding hydrogens is 519 g/mol. The van der Waals surface area contributed by atoms with Gasteiger partial charge >= 0.3 is 12.1 Å². The minimum atomic E-state index is -0.658. The molecule has 0 saturated carbocycles. The Morgan fingerprint density at radius 2 is 1.82 bits per heavy atom. The summed E-state index contributed by atoms with van der Waals surface area (Å²) in [5.41, 5.74) is 0.426. The second-order valence-corrected chi connectivity index (χ2v) is 11.5. The van der Waals surface area contributed by atoms with Gasteiger partial charge in [-0.2, -0.15) is 0 Å². The summed E-state index contributed by atoms with van der Waals surface area (Å²) in [4.78, 5) is 34.9. The van der Waals surface area contributed by atoms with Crippen molar-refractivity contribution in [1.29, 1.82) is 0 Å². The highest BCUT2D eigenvalue weighted by atomic mass is 19.1. The number of amides is 2. The van der Waals surface area contributed by atoms with Crippen molar-refractivity contribution in [3.8, 4) is 11.6 Å². The lowest BCUT2D eigenvalue weighted by Gasteiger charge is -2.24. The van der Waals surface area contributed by atoms with Gasteiger partial charge in [0.1, 0.15) is 17.7 Å². The Kier molecular flexibility index (Phi) is 7.55. The van der Waals surface area contributed by atoms with Gasteiger partial charge in [-0.05, 0) is 45.9 Å². The van der Waals surface area contributed by atoms with Crippen LogP contribution in [-0.2, 0) is 16.7 Å². The minimum Gasteiger partial charge on any atom is -0.444 e. The number of rotatable bonds is 5. The third kappa shape index (κ3) is 6.38. The van der Waals surface area contributed by atoms with Crippen molar-refractivity contribution >= 4 is 28.8 Å². The highest BCUT2D eigenvalue weighted by Gasteiger charge is 2.23. The summed E-state index contributed by atoms with van der Waals surface area (Å²) in [5.74, 6) is 0.231. The van der Waals surface area contributed by atoms with Crippen molar-refractivity contribution in [2.45, 2.75) is 66.0 Å². The fraction of sp³-hybridized carbons (Fsp3) is 0.393. The Hall–Kier alpha value is -4.48. The molecule has 0 radical (unpaired) electrons. The van der Waals surface area contributed by atoms with Gasteiger partial charge in [-0.15, -0.1) is 0 Å². The number of benzene rings is 1. The molecule has 0 bridgehead atoms. The van der Waals surface area contributed by atoms with Gasteiger partial charge in [0.2, 0.25) is 5.88 Å². The summed E-state index contributed by atoms with van der Waals surface area (Å²) < 4.78 is 33.3. The third-order valence-electron chi connectivity index (χ3n) is 5.77. The maximum Gasteiger partial charge on any atom is 0.410 e. The number of ether oxygens (including phenoxy) is 2. The molecule has 0 fully saturated rings. The van der Waals surface area contributed by atoms with Crippen molar-refractivity contribution in [2.24, 2.45) is 0 Å². The van der Waals surface area contributed by atoms with Crippen molar-refractivity contribution in [3.63, 3.8) is 0 Å². The van der Waals surface area contributed by atoms with Gasteiger partial charge in [0, 0.05) is 35.7 Å². The molecule has 212 valence electrons. The van der Waals surface area contributed by atoms with Gasteiger partial charge in [0.15, 0.2) is 17.4 Å². The van der Waals surface area contributed by atoms with E-state index in [9.17, 15) is 9.59 Å². The molecule has 11 nitrogen and oxygen atoms in total. The van der Waals surface area contributed by atoms with Crippen molar-refractivity contribution < 1.29 is 28.0 Å². The molecule has 2 amide bonds. The molecule has 0 saturated heterocycles. The Balaban J connectivity index is 1.52. The molecule has 1 aromatic carbocycles. The number of carbonyl (C=O) groups is 2. The summed E-state index contributed by atoms with van der Waals surface area (Å²) in [7, 11) is 1.58. The maximum absolute atomic E-state index is 15.5. The SMILES string of the molecule is Cc1cc2c(F)c(Oc3cc(CN(C)C(=O)OC(C)(C)C)ncn3)ccc2n1C(=O)Nc1cc(C(C)(C)C)on1. The van der Waals surface area contributed by atoms with Crippen molar-refractivity contribution in [3.05, 3.63) is 59.6 Å². The number of nitrogens with one attached hydrogen (secondary N) is 1. The van der Waals surface area contributed by atoms with E-state index in [0.717, 1.165) is 0 Å². The van der Waals surface area contributed by atoms with Crippen molar-refractivity contribution in [2.75, 3.05) is 12.4 Å². The first-order chi connectivity index (χ1) is 18.6. The molecule has 12 heteroatoms. The summed E-state index contributed by atoms with van der Waals surface area (Å²) in [5, 5.41) is 6.81. The number of fused-ring (bicyclic) bond motifs is 1. The lowest BCUT2D eigenvalue weighted by Crippen LogP contribution is -2.34. The van der Waals surface area contributed by atoms with E-state index in [0.29, 0.717) is 22.7 Å². The summed E-state index contributed by atoms with van der Waals surface area (Å²) in [6, 6.07) is 7.22. The molecule has 40 heavy (non-hydrogen) atoms. The molecule has 0 aliphatic carbocycles. The monoisotopic (exact) mass is 552 g/mol.